The summed E-state index contributed by atoms with van der Waals surface area (Å²) in [7, 11) is 0. The molecule has 2 amide bonds. The molecule has 7 heteroatoms. The first kappa shape index (κ1) is 25.0. The first-order valence-electron chi connectivity index (χ1n) is 11.6. The van der Waals surface area contributed by atoms with Crippen molar-refractivity contribution in [3.8, 4) is 0 Å². The second-order valence-electron chi connectivity index (χ2n) is 8.79. The molecule has 1 aliphatic rings. The molecule has 0 fully saturated rings. The van der Waals surface area contributed by atoms with Crippen molar-refractivity contribution in [1.29, 1.82) is 0 Å². The predicted octanol–water partition coefficient (Wildman–Crippen LogP) is 6.54. The van der Waals surface area contributed by atoms with Crippen LogP contribution in [0.4, 0.5) is 11.4 Å². The number of benzene rings is 3. The van der Waals surface area contributed by atoms with Crippen molar-refractivity contribution in [2.75, 3.05) is 16.8 Å². The van der Waals surface area contributed by atoms with Crippen molar-refractivity contribution < 1.29 is 9.59 Å². The van der Waals surface area contributed by atoms with Crippen LogP contribution in [0.15, 0.2) is 71.7 Å². The Balaban J connectivity index is 1.80. The first-order chi connectivity index (χ1) is 16.8. The molecule has 0 aromatic heterocycles. The number of aryl methyl sites for hydroxylation is 1. The van der Waals surface area contributed by atoms with Crippen molar-refractivity contribution in [1.82, 2.24) is 0 Å². The zero-order valence-corrected chi connectivity index (χ0v) is 21.4. The van der Waals surface area contributed by atoms with Gasteiger partial charge in [0, 0.05) is 26.9 Å². The Morgan fingerprint density at radius 1 is 1.06 bits per heavy atom. The third-order valence-corrected chi connectivity index (χ3v) is 6.81. The van der Waals surface area contributed by atoms with Gasteiger partial charge in [0.1, 0.15) is 12.6 Å². The van der Waals surface area contributed by atoms with Crippen molar-refractivity contribution >= 4 is 52.1 Å². The van der Waals surface area contributed by atoms with Crippen LogP contribution in [0, 0.1) is 12.8 Å². The van der Waals surface area contributed by atoms with E-state index >= 15 is 0 Å². The molecule has 0 saturated heterocycles. The van der Waals surface area contributed by atoms with Crippen LogP contribution in [-0.4, -0.2) is 30.1 Å². The van der Waals surface area contributed by atoms with Crippen LogP contribution in [0.1, 0.15) is 37.0 Å². The average molecular weight is 508 g/mol. The van der Waals surface area contributed by atoms with E-state index in [-0.39, 0.29) is 24.3 Å². The molecular formula is C28H27Cl2N3O2. The molecule has 4 rings (SSSR count). The number of anilines is 2. The van der Waals surface area contributed by atoms with Crippen molar-refractivity contribution in [3.63, 3.8) is 0 Å². The number of benzodiazepines with no additional fused rings is 1. The lowest BCUT2D eigenvalue weighted by molar-refractivity contribution is -0.123. The number of amides is 2. The maximum Gasteiger partial charge on any atom is 0.252 e. The molecule has 2 unspecified atom stereocenters. The predicted molar refractivity (Wildman–Crippen MR) is 144 cm³/mol. The van der Waals surface area contributed by atoms with Crippen LogP contribution < -0.4 is 10.2 Å². The average Bonchev–Trinajstić information content (AvgIpc) is 2.95. The molecule has 0 bridgehead atoms. The van der Waals surface area contributed by atoms with Gasteiger partial charge in [0.25, 0.3) is 5.91 Å². The van der Waals surface area contributed by atoms with E-state index in [4.69, 9.17) is 28.2 Å². The van der Waals surface area contributed by atoms with E-state index < -0.39 is 6.04 Å². The highest BCUT2D eigenvalue weighted by Gasteiger charge is 2.36. The second-order valence-corrected chi connectivity index (χ2v) is 9.63. The van der Waals surface area contributed by atoms with Crippen LogP contribution in [0.25, 0.3) is 0 Å². The Hall–Kier alpha value is -3.15. The molecule has 0 spiro atoms. The Bertz CT molecular complexity index is 1290. The maximum atomic E-state index is 13.9. The summed E-state index contributed by atoms with van der Waals surface area (Å²) in [6, 6.07) is 19.5. The highest BCUT2D eigenvalue weighted by molar-refractivity contribution is 6.37. The normalized spacial score (nSPS) is 16.3. The molecule has 0 saturated carbocycles. The molecule has 180 valence electrons. The Kier molecular flexibility index (Phi) is 7.58. The standard InChI is InChI=1S/C28H27Cl2N3O2/c1-4-18(3)26-28(35)33(16-25(34)31-20-12-9-17(2)10-13-20)24-14-11-19(29)15-22(24)27(32-26)21-7-5-6-8-23(21)30/h5-15,18,26H,4,16H2,1-3H3,(H,31,34). The fourth-order valence-corrected chi connectivity index (χ4v) is 4.48. The van der Waals surface area contributed by atoms with E-state index in [0.717, 1.165) is 12.0 Å². The summed E-state index contributed by atoms with van der Waals surface area (Å²) in [4.78, 5) is 33.4. The number of fused-ring (bicyclic) bond motifs is 1. The SMILES string of the molecule is CCC(C)C1N=C(c2ccccc2Cl)c2cc(Cl)ccc2N(CC(=O)Nc2ccc(C)cc2)C1=O. The summed E-state index contributed by atoms with van der Waals surface area (Å²) in [5, 5.41) is 3.92. The molecule has 5 nitrogen and oxygen atoms in total. The van der Waals surface area contributed by atoms with Gasteiger partial charge in [-0.2, -0.15) is 0 Å². The summed E-state index contributed by atoms with van der Waals surface area (Å²) in [6.07, 6.45) is 0.746. The summed E-state index contributed by atoms with van der Waals surface area (Å²) in [5.74, 6) is -0.580. The van der Waals surface area contributed by atoms with Crippen molar-refractivity contribution in [3.05, 3.63) is 93.5 Å². The number of aliphatic imine (C=N–C) groups is 1. The third kappa shape index (κ3) is 5.42. The van der Waals surface area contributed by atoms with Gasteiger partial charge in [-0.15, -0.1) is 0 Å². The van der Waals surface area contributed by atoms with Gasteiger partial charge in [-0.25, -0.2) is 0 Å². The highest BCUT2D eigenvalue weighted by atomic mass is 35.5. The minimum absolute atomic E-state index is 0.0487. The molecule has 35 heavy (non-hydrogen) atoms. The minimum atomic E-state index is -0.676. The van der Waals surface area contributed by atoms with Gasteiger partial charge in [-0.05, 0) is 49.2 Å². The monoisotopic (exact) mass is 507 g/mol. The zero-order valence-electron chi connectivity index (χ0n) is 19.9. The Labute approximate surface area is 215 Å². The topological polar surface area (TPSA) is 61.8 Å². The van der Waals surface area contributed by atoms with Gasteiger partial charge in [0.2, 0.25) is 5.91 Å². The van der Waals surface area contributed by atoms with E-state index in [0.29, 0.717) is 38.3 Å². The number of halogens is 2. The third-order valence-electron chi connectivity index (χ3n) is 6.24. The smallest absolute Gasteiger partial charge is 0.252 e. The van der Waals surface area contributed by atoms with Crippen molar-refractivity contribution in [2.45, 2.75) is 33.2 Å². The molecule has 1 heterocycles. The molecular weight excluding hydrogens is 481 g/mol. The van der Waals surface area contributed by atoms with E-state index in [2.05, 4.69) is 5.32 Å². The molecule has 3 aromatic carbocycles. The summed E-state index contributed by atoms with van der Waals surface area (Å²) in [5.41, 5.74) is 4.30. The van der Waals surface area contributed by atoms with E-state index in [1.807, 2.05) is 63.2 Å². The number of hydrogen-bond acceptors (Lipinski definition) is 3. The Morgan fingerprint density at radius 3 is 2.46 bits per heavy atom. The summed E-state index contributed by atoms with van der Waals surface area (Å²) < 4.78 is 0. The lowest BCUT2D eigenvalue weighted by Crippen LogP contribution is -2.44. The number of nitrogens with one attached hydrogen (secondary N) is 1. The zero-order chi connectivity index (χ0) is 25.1. The lowest BCUT2D eigenvalue weighted by atomic mass is 9.97. The molecule has 2 atom stereocenters. The molecule has 0 radical (unpaired) electrons. The van der Waals surface area contributed by atoms with Gasteiger partial charge in [-0.1, -0.05) is 79.4 Å². The van der Waals surface area contributed by atoms with Gasteiger partial charge < -0.3 is 10.2 Å². The molecule has 1 aliphatic heterocycles. The van der Waals surface area contributed by atoms with Crippen molar-refractivity contribution in [2.24, 2.45) is 10.9 Å². The number of carbonyl (C=O) groups is 2. The van der Waals surface area contributed by atoms with Crippen LogP contribution in [0.5, 0.6) is 0 Å². The first-order valence-corrected chi connectivity index (χ1v) is 12.3. The van der Waals surface area contributed by atoms with Gasteiger partial charge >= 0.3 is 0 Å². The van der Waals surface area contributed by atoms with E-state index in [9.17, 15) is 9.59 Å². The number of nitrogens with zero attached hydrogens (tertiary/aromatic N) is 2. The second kappa shape index (κ2) is 10.6. The van der Waals surface area contributed by atoms with Crippen LogP contribution in [0.2, 0.25) is 10.0 Å². The maximum absolute atomic E-state index is 13.9. The van der Waals surface area contributed by atoms with E-state index in [1.165, 1.54) is 4.90 Å². The van der Waals surface area contributed by atoms with Gasteiger partial charge in [-0.3, -0.25) is 14.6 Å². The number of hydrogen-bond donors (Lipinski definition) is 1. The molecule has 1 N–H and O–H groups in total. The van der Waals surface area contributed by atoms with Crippen LogP contribution >= 0.6 is 23.2 Å². The Morgan fingerprint density at radius 2 is 1.77 bits per heavy atom. The quantitative estimate of drug-likeness (QED) is 0.411. The molecule has 3 aromatic rings. The molecule has 0 aliphatic carbocycles. The fourth-order valence-electron chi connectivity index (χ4n) is 4.08. The fraction of sp³-hybridized carbons (Fsp3) is 0.250. The number of carbonyl (C=O) groups excluding carboxylic acids is 2. The van der Waals surface area contributed by atoms with Gasteiger partial charge in [0.15, 0.2) is 0 Å². The van der Waals surface area contributed by atoms with Crippen LogP contribution in [0.3, 0.4) is 0 Å². The highest BCUT2D eigenvalue weighted by Crippen LogP contribution is 2.34. The van der Waals surface area contributed by atoms with Crippen LogP contribution in [-0.2, 0) is 9.59 Å². The largest absolute Gasteiger partial charge is 0.325 e. The lowest BCUT2D eigenvalue weighted by Gasteiger charge is -2.26. The number of rotatable bonds is 6. The van der Waals surface area contributed by atoms with Gasteiger partial charge in [0.05, 0.1) is 11.4 Å². The minimum Gasteiger partial charge on any atom is -0.325 e. The summed E-state index contributed by atoms with van der Waals surface area (Å²) in [6.45, 7) is 5.84. The van der Waals surface area contributed by atoms with E-state index in [1.54, 1.807) is 24.3 Å². The summed E-state index contributed by atoms with van der Waals surface area (Å²) >= 11 is 12.9.